The number of rotatable bonds is 11. The number of allylic oxidation sites excluding steroid dienone is 2. The molecule has 0 radical (unpaired) electrons. The summed E-state index contributed by atoms with van der Waals surface area (Å²) in [5.74, 6) is -1.20. The van der Waals surface area contributed by atoms with Crippen molar-refractivity contribution >= 4 is 12.1 Å². The molecule has 46 heavy (non-hydrogen) atoms. The van der Waals surface area contributed by atoms with Gasteiger partial charge < -0.3 is 44.4 Å². The number of ether oxygens (including phenoxy) is 3. The molecule has 2 rings (SSSR count). The van der Waals surface area contributed by atoms with Gasteiger partial charge in [0.1, 0.15) is 11.7 Å². The maximum Gasteiger partial charge on any atom is 0.410 e. The smallest absolute Gasteiger partial charge is 0.410 e. The predicted molar refractivity (Wildman–Crippen MR) is 177 cm³/mol. The molecule has 0 saturated carbocycles. The third-order valence-corrected chi connectivity index (χ3v) is 9.42. The highest BCUT2D eigenvalue weighted by Crippen LogP contribution is 2.28. The SMILES string of the molecule is CCC(OC)C(C)CC(O)C(O)C(C)/C=C/C=C(\C)C1OC(=O)CC(O)CCC(C)(O)C(OC(=O)N2CCN(C)CC2)/C=C/C1C. The minimum atomic E-state index is -1.48. The van der Waals surface area contributed by atoms with Crippen LogP contribution < -0.4 is 0 Å². The molecule has 0 spiro atoms. The Labute approximate surface area is 275 Å². The number of likely N-dealkylation sites (N-methyl/N-ethyl adjacent to an activating group) is 1. The zero-order valence-corrected chi connectivity index (χ0v) is 29.2. The largest absolute Gasteiger partial charge is 0.457 e. The lowest BCUT2D eigenvalue weighted by Gasteiger charge is -2.36. The zero-order chi connectivity index (χ0) is 34.6. The van der Waals surface area contributed by atoms with Crippen LogP contribution in [-0.4, -0.2) is 125 Å². The van der Waals surface area contributed by atoms with Crippen LogP contribution in [0.4, 0.5) is 4.79 Å². The number of nitrogens with zero attached hydrogens (tertiary/aromatic N) is 2. The Balaban J connectivity index is 2.22. The van der Waals surface area contributed by atoms with Crippen molar-refractivity contribution in [2.45, 2.75) is 116 Å². The first-order chi connectivity index (χ1) is 21.6. The number of cyclic esters (lactones) is 1. The zero-order valence-electron chi connectivity index (χ0n) is 29.2. The predicted octanol–water partition coefficient (Wildman–Crippen LogP) is 3.45. The number of hydrogen-bond acceptors (Lipinski definition) is 10. The first kappa shape index (κ1) is 39.9. The molecular formula is C35H60N2O9. The molecule has 1 fully saturated rings. The lowest BCUT2D eigenvalue weighted by molar-refractivity contribution is -0.151. The highest BCUT2D eigenvalue weighted by Gasteiger charge is 2.37. The van der Waals surface area contributed by atoms with E-state index in [9.17, 15) is 30.0 Å². The fourth-order valence-electron chi connectivity index (χ4n) is 6.04. The lowest BCUT2D eigenvalue weighted by atomic mass is 9.88. The van der Waals surface area contributed by atoms with Gasteiger partial charge in [-0.2, -0.15) is 0 Å². The molecule has 0 bridgehead atoms. The van der Waals surface area contributed by atoms with E-state index in [-0.39, 0.29) is 43.1 Å². The Hall–Kier alpha value is -2.28. The van der Waals surface area contributed by atoms with Crippen LogP contribution >= 0.6 is 0 Å². The van der Waals surface area contributed by atoms with Crippen molar-refractivity contribution in [2.24, 2.45) is 17.8 Å². The Morgan fingerprint density at radius 2 is 1.85 bits per heavy atom. The summed E-state index contributed by atoms with van der Waals surface area (Å²) in [4.78, 5) is 29.6. The Bertz CT molecular complexity index is 1030. The van der Waals surface area contributed by atoms with Crippen LogP contribution in [0, 0.1) is 17.8 Å². The van der Waals surface area contributed by atoms with E-state index in [0.717, 1.165) is 19.5 Å². The van der Waals surface area contributed by atoms with E-state index in [1.807, 2.05) is 41.7 Å². The number of aliphatic hydroxyl groups excluding tert-OH is 3. The molecule has 0 aliphatic carbocycles. The second-order valence-electron chi connectivity index (χ2n) is 13.6. The molecule has 0 aromatic rings. The Morgan fingerprint density at radius 1 is 1.20 bits per heavy atom. The number of hydrogen-bond donors (Lipinski definition) is 4. The van der Waals surface area contributed by atoms with Crippen molar-refractivity contribution in [3.8, 4) is 0 Å². The summed E-state index contributed by atoms with van der Waals surface area (Å²) < 4.78 is 17.1. The molecule has 2 aliphatic rings. The molecule has 264 valence electrons. The van der Waals surface area contributed by atoms with E-state index in [2.05, 4.69) is 4.90 Å². The van der Waals surface area contributed by atoms with Crippen LogP contribution in [-0.2, 0) is 19.0 Å². The summed E-state index contributed by atoms with van der Waals surface area (Å²) in [7, 11) is 3.64. The van der Waals surface area contributed by atoms with Crippen molar-refractivity contribution in [1.29, 1.82) is 0 Å². The summed E-state index contributed by atoms with van der Waals surface area (Å²) >= 11 is 0. The summed E-state index contributed by atoms with van der Waals surface area (Å²) in [6.07, 6.45) is 4.89. The fourth-order valence-corrected chi connectivity index (χ4v) is 6.04. The minimum Gasteiger partial charge on any atom is -0.457 e. The second-order valence-corrected chi connectivity index (χ2v) is 13.6. The van der Waals surface area contributed by atoms with Crippen molar-refractivity contribution in [3.63, 3.8) is 0 Å². The van der Waals surface area contributed by atoms with Crippen molar-refractivity contribution in [3.05, 3.63) is 36.0 Å². The number of aliphatic hydroxyl groups is 4. The van der Waals surface area contributed by atoms with E-state index in [1.54, 1.807) is 49.3 Å². The van der Waals surface area contributed by atoms with Gasteiger partial charge in [-0.25, -0.2) is 4.79 Å². The van der Waals surface area contributed by atoms with Crippen LogP contribution in [0.15, 0.2) is 36.0 Å². The van der Waals surface area contributed by atoms with E-state index in [1.165, 1.54) is 0 Å². The van der Waals surface area contributed by atoms with Crippen LogP contribution in [0.2, 0.25) is 0 Å². The monoisotopic (exact) mass is 652 g/mol. The average Bonchev–Trinajstić information content (AvgIpc) is 3.00. The number of amides is 1. The van der Waals surface area contributed by atoms with Gasteiger partial charge in [0, 0.05) is 45.1 Å². The van der Waals surface area contributed by atoms with E-state index in [0.29, 0.717) is 25.1 Å². The number of methoxy groups -OCH3 is 1. The molecule has 1 saturated heterocycles. The van der Waals surface area contributed by atoms with Gasteiger partial charge in [0.25, 0.3) is 0 Å². The van der Waals surface area contributed by atoms with E-state index >= 15 is 0 Å². The quantitative estimate of drug-likeness (QED) is 0.149. The van der Waals surface area contributed by atoms with Gasteiger partial charge in [-0.3, -0.25) is 4.79 Å². The number of carbonyl (C=O) groups excluding carboxylic acids is 2. The second kappa shape index (κ2) is 18.9. The summed E-state index contributed by atoms with van der Waals surface area (Å²) in [6, 6.07) is 0. The molecule has 2 heterocycles. The molecule has 4 N–H and O–H groups in total. The van der Waals surface area contributed by atoms with Gasteiger partial charge >= 0.3 is 12.1 Å². The summed E-state index contributed by atoms with van der Waals surface area (Å²) in [5.41, 5.74) is -0.765. The highest BCUT2D eigenvalue weighted by atomic mass is 16.6. The number of esters is 1. The van der Waals surface area contributed by atoms with Gasteiger partial charge in [-0.1, -0.05) is 52.0 Å². The molecule has 0 aromatic carbocycles. The maximum absolute atomic E-state index is 13.0. The third-order valence-electron chi connectivity index (χ3n) is 9.42. The van der Waals surface area contributed by atoms with Crippen LogP contribution in [0.3, 0.4) is 0 Å². The normalized spacial score (nSPS) is 31.6. The van der Waals surface area contributed by atoms with Gasteiger partial charge in [-0.15, -0.1) is 0 Å². The third kappa shape index (κ3) is 12.4. The number of piperazine rings is 1. The average molecular weight is 653 g/mol. The van der Waals surface area contributed by atoms with Crippen molar-refractivity contribution in [1.82, 2.24) is 9.80 Å². The molecule has 2 aliphatic heterocycles. The molecule has 10 unspecified atom stereocenters. The minimum absolute atomic E-state index is 0.00879. The molecule has 11 nitrogen and oxygen atoms in total. The lowest BCUT2D eigenvalue weighted by Crippen LogP contribution is -2.50. The molecule has 1 amide bonds. The standard InChI is InChI=1S/C35H60N2O9/c1-9-29(44-8)26(5)21-28(39)32(41)23(2)11-10-12-24(3)33-25(4)13-14-30(45-34(42)37-19-17-36(7)18-20-37)35(6,43)16-15-27(38)22-31(40)46-33/h10-14,23,25-30,32-33,38-39,41,43H,9,15-22H2,1-8H3/b11-10+,14-13+,24-12+. The van der Waals surface area contributed by atoms with Gasteiger partial charge in [0.15, 0.2) is 6.10 Å². The van der Waals surface area contributed by atoms with E-state index in [4.69, 9.17) is 14.2 Å². The van der Waals surface area contributed by atoms with Crippen molar-refractivity contribution in [2.75, 3.05) is 40.3 Å². The highest BCUT2D eigenvalue weighted by molar-refractivity contribution is 5.70. The Morgan fingerprint density at radius 3 is 2.46 bits per heavy atom. The van der Waals surface area contributed by atoms with E-state index < -0.39 is 48.2 Å². The Kier molecular flexibility index (Phi) is 16.4. The number of carbonyl (C=O) groups is 2. The van der Waals surface area contributed by atoms with Crippen LogP contribution in [0.1, 0.15) is 73.6 Å². The van der Waals surface area contributed by atoms with Crippen LogP contribution in [0.5, 0.6) is 0 Å². The first-order valence-electron chi connectivity index (χ1n) is 16.8. The molecule has 0 aromatic heterocycles. The molecule has 11 heteroatoms. The van der Waals surface area contributed by atoms with Crippen molar-refractivity contribution < 1.29 is 44.2 Å². The molecule has 10 atom stereocenters. The first-order valence-corrected chi connectivity index (χ1v) is 16.8. The van der Waals surface area contributed by atoms with Gasteiger partial charge in [0.05, 0.1) is 30.8 Å². The van der Waals surface area contributed by atoms with Gasteiger partial charge in [-0.05, 0) is 64.1 Å². The topological polar surface area (TPSA) is 149 Å². The van der Waals surface area contributed by atoms with Gasteiger partial charge in [0.2, 0.25) is 0 Å². The maximum atomic E-state index is 13.0. The van der Waals surface area contributed by atoms with Crippen LogP contribution in [0.25, 0.3) is 0 Å². The fraction of sp³-hybridized carbons (Fsp3) is 0.771. The summed E-state index contributed by atoms with van der Waals surface area (Å²) in [6.45, 7) is 13.6. The summed E-state index contributed by atoms with van der Waals surface area (Å²) in [5, 5.41) is 43.3. The molecular weight excluding hydrogens is 592 g/mol.